The number of aromatic nitrogens is 1. The van der Waals surface area contributed by atoms with Crippen molar-refractivity contribution in [2.24, 2.45) is 0 Å². The van der Waals surface area contributed by atoms with Gasteiger partial charge in [0.05, 0.1) is 23.1 Å². The molecule has 20 heavy (non-hydrogen) atoms. The Balaban J connectivity index is 2.05. The number of pyridine rings is 1. The molecule has 0 saturated heterocycles. The maximum Gasteiger partial charge on any atom is 0.261 e. The second-order valence-corrected chi connectivity index (χ2v) is 4.31. The van der Waals surface area contributed by atoms with Crippen molar-refractivity contribution in [1.29, 1.82) is 0 Å². The number of hydrogen-bond donors (Lipinski definition) is 1. The number of amides is 2. The highest BCUT2D eigenvalue weighted by Gasteiger charge is 2.28. The Morgan fingerprint density at radius 2 is 2.10 bits per heavy atom. The smallest absolute Gasteiger partial charge is 0.261 e. The third-order valence-electron chi connectivity index (χ3n) is 3.02. The van der Waals surface area contributed by atoms with Gasteiger partial charge in [0.25, 0.3) is 5.91 Å². The molecule has 3 rings (SSSR count). The van der Waals surface area contributed by atoms with Gasteiger partial charge in [0.1, 0.15) is 6.54 Å². The maximum absolute atomic E-state index is 13.7. The van der Waals surface area contributed by atoms with Crippen LogP contribution in [0.25, 0.3) is 0 Å². The highest BCUT2D eigenvalue weighted by molar-refractivity contribution is 6.15. The minimum atomic E-state index is -0.707. The van der Waals surface area contributed by atoms with Gasteiger partial charge < -0.3 is 5.32 Å². The van der Waals surface area contributed by atoms with E-state index in [0.29, 0.717) is 11.4 Å². The van der Waals surface area contributed by atoms with Gasteiger partial charge in [-0.25, -0.2) is 4.39 Å². The van der Waals surface area contributed by atoms with E-state index in [2.05, 4.69) is 10.3 Å². The van der Waals surface area contributed by atoms with E-state index in [0.717, 1.165) is 6.20 Å². The van der Waals surface area contributed by atoms with Crippen LogP contribution in [0.4, 0.5) is 15.8 Å². The summed E-state index contributed by atoms with van der Waals surface area (Å²) in [5.74, 6) is -1.58. The standard InChI is InChI=1S/C14H10FN3O2/c15-10-7-16-6-5-9(10)14(20)18-8-13(19)17-11-3-1-2-4-12(11)18/h1-7H,8H2,(H,17,19). The number of fused-ring (bicyclic) bond motifs is 1. The first-order chi connectivity index (χ1) is 9.66. The molecular weight excluding hydrogens is 261 g/mol. The van der Waals surface area contributed by atoms with E-state index in [1.165, 1.54) is 17.2 Å². The molecule has 6 heteroatoms. The molecule has 0 spiro atoms. The highest BCUT2D eigenvalue weighted by atomic mass is 19.1. The normalized spacial score (nSPS) is 13.7. The predicted octanol–water partition coefficient (Wildman–Crippen LogP) is 1.82. The first-order valence-electron chi connectivity index (χ1n) is 5.97. The molecule has 0 radical (unpaired) electrons. The van der Waals surface area contributed by atoms with Crippen LogP contribution in [-0.2, 0) is 4.79 Å². The molecule has 2 amide bonds. The largest absolute Gasteiger partial charge is 0.323 e. The molecule has 0 unspecified atom stereocenters. The molecule has 1 aliphatic rings. The molecule has 1 aliphatic heterocycles. The van der Waals surface area contributed by atoms with Crippen LogP contribution in [0.3, 0.4) is 0 Å². The first-order valence-corrected chi connectivity index (χ1v) is 5.97. The zero-order chi connectivity index (χ0) is 14.1. The molecule has 5 nitrogen and oxygen atoms in total. The van der Waals surface area contributed by atoms with Crippen molar-refractivity contribution in [3.05, 3.63) is 54.1 Å². The minimum absolute atomic E-state index is 0.107. The van der Waals surface area contributed by atoms with Crippen LogP contribution < -0.4 is 10.2 Å². The second-order valence-electron chi connectivity index (χ2n) is 4.31. The summed E-state index contributed by atoms with van der Waals surface area (Å²) in [5, 5.41) is 2.67. The van der Waals surface area contributed by atoms with E-state index >= 15 is 0 Å². The number of rotatable bonds is 1. The lowest BCUT2D eigenvalue weighted by molar-refractivity contribution is -0.115. The number of carbonyl (C=O) groups excluding carboxylic acids is 2. The van der Waals surface area contributed by atoms with Gasteiger partial charge in [-0.3, -0.25) is 19.5 Å². The zero-order valence-electron chi connectivity index (χ0n) is 10.3. The van der Waals surface area contributed by atoms with Crippen molar-refractivity contribution in [2.45, 2.75) is 0 Å². The van der Waals surface area contributed by atoms with Gasteiger partial charge in [-0.05, 0) is 18.2 Å². The van der Waals surface area contributed by atoms with E-state index in [9.17, 15) is 14.0 Å². The minimum Gasteiger partial charge on any atom is -0.323 e. The summed E-state index contributed by atoms with van der Waals surface area (Å²) in [7, 11) is 0. The number of halogens is 1. The summed E-state index contributed by atoms with van der Waals surface area (Å²) in [6, 6.07) is 8.19. The van der Waals surface area contributed by atoms with Crippen LogP contribution >= 0.6 is 0 Å². The van der Waals surface area contributed by atoms with Crippen LogP contribution in [0.15, 0.2) is 42.7 Å². The highest BCUT2D eigenvalue weighted by Crippen LogP contribution is 2.30. The summed E-state index contributed by atoms with van der Waals surface area (Å²) in [5.41, 5.74) is 0.976. The van der Waals surface area contributed by atoms with Gasteiger partial charge in [-0.15, -0.1) is 0 Å². The molecule has 2 aromatic rings. The van der Waals surface area contributed by atoms with E-state index in [4.69, 9.17) is 0 Å². The van der Waals surface area contributed by atoms with E-state index in [1.807, 2.05) is 0 Å². The van der Waals surface area contributed by atoms with E-state index < -0.39 is 11.7 Å². The molecule has 1 N–H and O–H groups in total. The number of nitrogens with zero attached hydrogens (tertiary/aromatic N) is 2. The van der Waals surface area contributed by atoms with Crippen molar-refractivity contribution in [3.8, 4) is 0 Å². The SMILES string of the molecule is O=C1CN(C(=O)c2ccncc2F)c2ccccc2N1. The van der Waals surface area contributed by atoms with Crippen LogP contribution in [0.5, 0.6) is 0 Å². The average molecular weight is 271 g/mol. The predicted molar refractivity (Wildman–Crippen MR) is 70.9 cm³/mol. The Bertz CT molecular complexity index is 702. The zero-order valence-corrected chi connectivity index (χ0v) is 10.3. The lowest BCUT2D eigenvalue weighted by Crippen LogP contribution is -2.42. The summed E-state index contributed by atoms with van der Waals surface area (Å²) >= 11 is 0. The number of nitrogens with one attached hydrogen (secondary N) is 1. The van der Waals surface area contributed by atoms with Gasteiger partial charge in [0.2, 0.25) is 5.91 Å². The van der Waals surface area contributed by atoms with Crippen molar-refractivity contribution in [1.82, 2.24) is 4.98 Å². The fourth-order valence-electron chi connectivity index (χ4n) is 2.11. The second kappa shape index (κ2) is 4.73. The van der Waals surface area contributed by atoms with Gasteiger partial charge in [0, 0.05) is 6.20 Å². The Labute approximate surface area is 114 Å². The lowest BCUT2D eigenvalue weighted by atomic mass is 10.1. The molecule has 0 saturated carbocycles. The molecule has 0 atom stereocenters. The van der Waals surface area contributed by atoms with Crippen LogP contribution in [0.1, 0.15) is 10.4 Å². The molecular formula is C14H10FN3O2. The molecule has 1 aromatic carbocycles. The Hall–Kier alpha value is -2.76. The number of para-hydroxylation sites is 2. The number of carbonyl (C=O) groups is 2. The van der Waals surface area contributed by atoms with Crippen molar-refractivity contribution in [3.63, 3.8) is 0 Å². The van der Waals surface area contributed by atoms with Gasteiger partial charge >= 0.3 is 0 Å². The Morgan fingerprint density at radius 1 is 1.30 bits per heavy atom. The van der Waals surface area contributed by atoms with Crippen molar-refractivity contribution >= 4 is 23.2 Å². The van der Waals surface area contributed by atoms with Crippen molar-refractivity contribution in [2.75, 3.05) is 16.8 Å². The third-order valence-corrected chi connectivity index (χ3v) is 3.02. The summed E-state index contributed by atoms with van der Waals surface area (Å²) in [6.07, 6.45) is 2.31. The average Bonchev–Trinajstić information content (AvgIpc) is 2.46. The number of benzene rings is 1. The Kier molecular flexibility index (Phi) is 2.90. The first kappa shape index (κ1) is 12.3. The molecule has 0 bridgehead atoms. The molecule has 100 valence electrons. The van der Waals surface area contributed by atoms with Gasteiger partial charge in [-0.2, -0.15) is 0 Å². The molecule has 1 aromatic heterocycles. The summed E-state index contributed by atoms with van der Waals surface area (Å²) < 4.78 is 13.7. The van der Waals surface area contributed by atoms with Crippen LogP contribution in [0, 0.1) is 5.82 Å². The van der Waals surface area contributed by atoms with Crippen LogP contribution in [0.2, 0.25) is 0 Å². The van der Waals surface area contributed by atoms with E-state index in [-0.39, 0.29) is 18.0 Å². The molecule has 0 aliphatic carbocycles. The summed E-state index contributed by atoms with van der Waals surface area (Å²) in [4.78, 5) is 28.9. The monoisotopic (exact) mass is 271 g/mol. The van der Waals surface area contributed by atoms with E-state index in [1.54, 1.807) is 24.3 Å². The number of hydrogen-bond acceptors (Lipinski definition) is 3. The maximum atomic E-state index is 13.7. The quantitative estimate of drug-likeness (QED) is 0.860. The summed E-state index contributed by atoms with van der Waals surface area (Å²) in [6.45, 7) is -0.141. The topological polar surface area (TPSA) is 62.3 Å². The third kappa shape index (κ3) is 2.01. The lowest BCUT2D eigenvalue weighted by Gasteiger charge is -2.29. The molecule has 2 heterocycles. The fraction of sp³-hybridized carbons (Fsp3) is 0.0714. The molecule has 0 fully saturated rings. The van der Waals surface area contributed by atoms with Crippen molar-refractivity contribution < 1.29 is 14.0 Å². The van der Waals surface area contributed by atoms with Gasteiger partial charge in [-0.1, -0.05) is 12.1 Å². The van der Waals surface area contributed by atoms with Crippen LogP contribution in [-0.4, -0.2) is 23.3 Å². The Morgan fingerprint density at radius 3 is 2.90 bits per heavy atom. The van der Waals surface area contributed by atoms with Gasteiger partial charge in [0.15, 0.2) is 5.82 Å². The number of anilines is 2. The fourth-order valence-corrected chi connectivity index (χ4v) is 2.11.